The van der Waals surface area contributed by atoms with Crippen molar-refractivity contribution < 1.29 is 28.3 Å². The SMILES string of the molecule is COC(=O)CCCCCCCC(=O)/C=C/[C@H](O[Si](C)(C)C)[C@H](C)NC(=O)OCc1ccccc1. The number of carbonyl (C=O) groups excluding carboxylic acids is 3. The van der Waals surface area contributed by atoms with Crippen LogP contribution in [0.1, 0.15) is 57.4 Å². The van der Waals surface area contributed by atoms with Gasteiger partial charge in [-0.25, -0.2) is 4.79 Å². The first-order valence-electron chi connectivity index (χ1n) is 12.0. The van der Waals surface area contributed by atoms with Crippen LogP contribution in [0.5, 0.6) is 0 Å². The van der Waals surface area contributed by atoms with Crippen molar-refractivity contribution in [3.05, 3.63) is 48.0 Å². The Kier molecular flexibility index (Phi) is 14.1. The number of allylic oxidation sites excluding steroid dienone is 1. The average Bonchev–Trinajstić information content (AvgIpc) is 2.79. The van der Waals surface area contributed by atoms with Crippen LogP contribution in [0.4, 0.5) is 4.79 Å². The van der Waals surface area contributed by atoms with Crippen LogP contribution in [-0.4, -0.2) is 45.4 Å². The molecule has 0 unspecified atom stereocenters. The molecule has 190 valence electrons. The minimum atomic E-state index is -1.92. The number of esters is 1. The highest BCUT2D eigenvalue weighted by Crippen LogP contribution is 2.13. The Hall–Kier alpha value is -2.45. The Morgan fingerprint density at radius 3 is 2.21 bits per heavy atom. The van der Waals surface area contributed by atoms with Crippen molar-refractivity contribution in [3.8, 4) is 0 Å². The molecule has 7 nitrogen and oxygen atoms in total. The Labute approximate surface area is 205 Å². The topological polar surface area (TPSA) is 90.9 Å². The third kappa shape index (κ3) is 14.6. The van der Waals surface area contributed by atoms with Crippen LogP contribution in [0, 0.1) is 0 Å². The molecule has 0 saturated carbocycles. The molecular weight excluding hydrogens is 450 g/mol. The molecule has 0 spiro atoms. The van der Waals surface area contributed by atoms with Crippen LogP contribution in [-0.2, 0) is 30.1 Å². The maximum absolute atomic E-state index is 12.3. The predicted octanol–water partition coefficient (Wildman–Crippen LogP) is 5.55. The number of ketones is 1. The Bertz CT molecular complexity index is 775. The van der Waals surface area contributed by atoms with E-state index in [9.17, 15) is 14.4 Å². The molecule has 0 saturated heterocycles. The van der Waals surface area contributed by atoms with E-state index in [1.165, 1.54) is 7.11 Å². The fourth-order valence-electron chi connectivity index (χ4n) is 3.24. The average molecular weight is 492 g/mol. The van der Waals surface area contributed by atoms with Crippen molar-refractivity contribution in [2.75, 3.05) is 7.11 Å². The number of methoxy groups -OCH3 is 1. The minimum Gasteiger partial charge on any atom is -0.469 e. The number of hydrogen-bond donors (Lipinski definition) is 1. The van der Waals surface area contributed by atoms with Crippen LogP contribution in [0.3, 0.4) is 0 Å². The fourth-order valence-corrected chi connectivity index (χ4v) is 4.33. The first-order valence-corrected chi connectivity index (χ1v) is 15.4. The normalized spacial score (nSPS) is 13.3. The van der Waals surface area contributed by atoms with Gasteiger partial charge in [0, 0.05) is 12.8 Å². The maximum Gasteiger partial charge on any atom is 0.407 e. The second-order valence-electron chi connectivity index (χ2n) is 9.36. The Morgan fingerprint density at radius 2 is 1.59 bits per heavy atom. The van der Waals surface area contributed by atoms with Gasteiger partial charge in [-0.05, 0) is 51.0 Å². The number of rotatable bonds is 16. The molecule has 1 aromatic carbocycles. The highest BCUT2D eigenvalue weighted by Gasteiger charge is 2.25. The number of benzene rings is 1. The van der Waals surface area contributed by atoms with Gasteiger partial charge in [0.2, 0.25) is 0 Å². The molecule has 2 atom stereocenters. The minimum absolute atomic E-state index is 0.0394. The third-order valence-electron chi connectivity index (χ3n) is 5.04. The quantitative estimate of drug-likeness (QED) is 0.141. The van der Waals surface area contributed by atoms with Crippen molar-refractivity contribution in [3.63, 3.8) is 0 Å². The van der Waals surface area contributed by atoms with Crippen molar-refractivity contribution in [2.24, 2.45) is 0 Å². The van der Waals surface area contributed by atoms with Crippen LogP contribution >= 0.6 is 0 Å². The molecule has 1 amide bonds. The Morgan fingerprint density at radius 1 is 0.971 bits per heavy atom. The summed E-state index contributed by atoms with van der Waals surface area (Å²) in [6, 6.07) is 9.13. The largest absolute Gasteiger partial charge is 0.469 e. The summed E-state index contributed by atoms with van der Waals surface area (Å²) in [6.45, 7) is 8.23. The fraction of sp³-hybridized carbons (Fsp3) is 0.577. The number of hydrogen-bond acceptors (Lipinski definition) is 6. The van der Waals surface area contributed by atoms with E-state index >= 15 is 0 Å². The summed E-state index contributed by atoms with van der Waals surface area (Å²) in [6.07, 6.45) is 7.79. The van der Waals surface area contributed by atoms with E-state index in [0.717, 1.165) is 37.7 Å². The predicted molar refractivity (Wildman–Crippen MR) is 136 cm³/mol. The summed E-state index contributed by atoms with van der Waals surface area (Å²) in [5.41, 5.74) is 0.911. The van der Waals surface area contributed by atoms with Gasteiger partial charge in [0.25, 0.3) is 0 Å². The molecule has 1 rings (SSSR count). The van der Waals surface area contributed by atoms with Gasteiger partial charge in [0.1, 0.15) is 6.61 Å². The van der Waals surface area contributed by atoms with E-state index < -0.39 is 20.5 Å². The summed E-state index contributed by atoms with van der Waals surface area (Å²) in [5.74, 6) is -0.138. The van der Waals surface area contributed by atoms with Gasteiger partial charge in [0.05, 0.1) is 19.3 Å². The second kappa shape index (κ2) is 16.2. The molecular formula is C26H41NO6Si. The van der Waals surface area contributed by atoms with E-state index in [4.69, 9.17) is 9.16 Å². The zero-order valence-electron chi connectivity index (χ0n) is 21.3. The van der Waals surface area contributed by atoms with Crippen LogP contribution in [0.25, 0.3) is 0 Å². The lowest BCUT2D eigenvalue weighted by Gasteiger charge is -2.29. The molecule has 1 aromatic rings. The van der Waals surface area contributed by atoms with Gasteiger partial charge in [-0.3, -0.25) is 9.59 Å². The second-order valence-corrected chi connectivity index (χ2v) is 13.8. The summed E-state index contributed by atoms with van der Waals surface area (Å²) >= 11 is 0. The summed E-state index contributed by atoms with van der Waals surface area (Å²) < 4.78 is 16.1. The molecule has 0 fully saturated rings. The van der Waals surface area contributed by atoms with Gasteiger partial charge in [0.15, 0.2) is 14.1 Å². The summed E-state index contributed by atoms with van der Waals surface area (Å²) in [5, 5.41) is 2.82. The van der Waals surface area contributed by atoms with Gasteiger partial charge in [-0.15, -0.1) is 0 Å². The highest BCUT2D eigenvalue weighted by atomic mass is 28.4. The van der Waals surface area contributed by atoms with Crippen molar-refractivity contribution in [2.45, 2.75) is 90.3 Å². The van der Waals surface area contributed by atoms with Crippen LogP contribution in [0.15, 0.2) is 42.5 Å². The monoisotopic (exact) mass is 491 g/mol. The van der Waals surface area contributed by atoms with E-state index in [-0.39, 0.29) is 24.4 Å². The van der Waals surface area contributed by atoms with Gasteiger partial charge in [-0.1, -0.05) is 55.7 Å². The molecule has 34 heavy (non-hydrogen) atoms. The van der Waals surface area contributed by atoms with E-state index in [1.807, 2.05) is 37.3 Å². The number of carbonyl (C=O) groups is 3. The standard InChI is InChI=1S/C26H41NO6Si/c1-21(27-26(30)32-20-22-14-10-9-11-15-22)24(33-34(3,4)5)19-18-23(28)16-12-7-6-8-13-17-25(29)31-2/h9-11,14-15,18-19,21,24H,6-8,12-13,16-17,20H2,1-5H3,(H,27,30)/b19-18+/t21-,24-/m0/s1. The zero-order chi connectivity index (χ0) is 25.4. The molecule has 0 aliphatic rings. The molecule has 1 N–H and O–H groups in total. The molecule has 0 aromatic heterocycles. The van der Waals surface area contributed by atoms with Gasteiger partial charge >= 0.3 is 12.1 Å². The van der Waals surface area contributed by atoms with Crippen LogP contribution < -0.4 is 5.32 Å². The van der Waals surface area contributed by atoms with Crippen molar-refractivity contribution >= 4 is 26.2 Å². The molecule has 0 aliphatic carbocycles. The third-order valence-corrected chi connectivity index (χ3v) is 6.02. The highest BCUT2D eigenvalue weighted by molar-refractivity contribution is 6.69. The molecule has 0 bridgehead atoms. The molecule has 0 aliphatic heterocycles. The number of amides is 1. The lowest BCUT2D eigenvalue weighted by Crippen LogP contribution is -2.45. The first kappa shape index (κ1) is 29.6. The zero-order valence-corrected chi connectivity index (χ0v) is 22.3. The first-order chi connectivity index (χ1) is 16.1. The number of unbranched alkanes of at least 4 members (excludes halogenated alkanes) is 4. The molecule has 8 heteroatoms. The van der Waals surface area contributed by atoms with Crippen molar-refractivity contribution in [1.82, 2.24) is 5.32 Å². The number of alkyl carbamates (subject to hydrolysis) is 1. The van der Waals surface area contributed by atoms with Crippen molar-refractivity contribution in [1.29, 1.82) is 0 Å². The number of ether oxygens (including phenoxy) is 2. The number of nitrogens with one attached hydrogen (secondary N) is 1. The Balaban J connectivity index is 2.45. The van der Waals surface area contributed by atoms with Gasteiger partial charge < -0.3 is 19.2 Å². The van der Waals surface area contributed by atoms with E-state index in [2.05, 4.69) is 29.7 Å². The lowest BCUT2D eigenvalue weighted by molar-refractivity contribution is -0.140. The summed E-state index contributed by atoms with van der Waals surface area (Å²) in [4.78, 5) is 35.7. The smallest absolute Gasteiger partial charge is 0.407 e. The van der Waals surface area contributed by atoms with Crippen LogP contribution in [0.2, 0.25) is 19.6 Å². The van der Waals surface area contributed by atoms with Gasteiger partial charge in [-0.2, -0.15) is 0 Å². The van der Waals surface area contributed by atoms with E-state index in [1.54, 1.807) is 12.2 Å². The van der Waals surface area contributed by atoms with E-state index in [0.29, 0.717) is 12.8 Å². The molecule has 0 radical (unpaired) electrons. The lowest BCUT2D eigenvalue weighted by atomic mass is 10.1. The molecule has 0 heterocycles. The summed E-state index contributed by atoms with van der Waals surface area (Å²) in [7, 11) is -0.522. The maximum atomic E-state index is 12.3.